The van der Waals surface area contributed by atoms with E-state index in [1.54, 1.807) is 4.90 Å². The molecular formula is C22H27N5O. The summed E-state index contributed by atoms with van der Waals surface area (Å²) in [6.45, 7) is 3.38. The topological polar surface area (TPSA) is 52.9 Å². The summed E-state index contributed by atoms with van der Waals surface area (Å²) < 4.78 is 2.00. The molecule has 1 saturated heterocycles. The van der Waals surface area contributed by atoms with Crippen molar-refractivity contribution >= 4 is 17.4 Å². The van der Waals surface area contributed by atoms with E-state index < -0.39 is 0 Å². The second-order valence-electron chi connectivity index (χ2n) is 7.36. The van der Waals surface area contributed by atoms with Crippen LogP contribution in [0.25, 0.3) is 5.65 Å². The van der Waals surface area contributed by atoms with Gasteiger partial charge in [-0.3, -0.25) is 0 Å². The molecule has 146 valence electrons. The number of benzene rings is 1. The number of urea groups is 1. The molecular weight excluding hydrogens is 350 g/mol. The zero-order valence-electron chi connectivity index (χ0n) is 16.3. The lowest BCUT2D eigenvalue weighted by Crippen LogP contribution is -2.38. The summed E-state index contributed by atoms with van der Waals surface area (Å²) in [4.78, 5) is 21.3. The predicted octanol–water partition coefficient (Wildman–Crippen LogP) is 3.32. The van der Waals surface area contributed by atoms with Crippen LogP contribution < -0.4 is 10.2 Å². The maximum Gasteiger partial charge on any atom is 0.317 e. The van der Waals surface area contributed by atoms with Crippen LogP contribution in [0, 0.1) is 0 Å². The van der Waals surface area contributed by atoms with Crippen molar-refractivity contribution in [1.82, 2.24) is 19.6 Å². The summed E-state index contributed by atoms with van der Waals surface area (Å²) >= 11 is 0. The van der Waals surface area contributed by atoms with Crippen LogP contribution in [0.15, 0.2) is 54.9 Å². The van der Waals surface area contributed by atoms with Gasteiger partial charge < -0.3 is 19.5 Å². The van der Waals surface area contributed by atoms with E-state index in [0.29, 0.717) is 19.5 Å². The molecule has 0 radical (unpaired) electrons. The molecule has 1 aliphatic rings. The van der Waals surface area contributed by atoms with E-state index in [1.807, 2.05) is 48.1 Å². The van der Waals surface area contributed by atoms with Crippen LogP contribution in [0.2, 0.25) is 0 Å². The number of carbonyl (C=O) groups is 1. The Labute approximate surface area is 165 Å². The average molecular weight is 377 g/mol. The predicted molar refractivity (Wildman–Crippen MR) is 112 cm³/mol. The molecule has 3 aromatic rings. The Morgan fingerprint density at radius 3 is 2.75 bits per heavy atom. The number of aromatic nitrogens is 2. The molecule has 0 aliphatic carbocycles. The van der Waals surface area contributed by atoms with Gasteiger partial charge in [-0.2, -0.15) is 0 Å². The Hall–Kier alpha value is -3.02. The van der Waals surface area contributed by atoms with E-state index in [9.17, 15) is 4.79 Å². The highest BCUT2D eigenvalue weighted by atomic mass is 16.2. The number of nitrogens with zero attached hydrogens (tertiary/aromatic N) is 4. The third kappa shape index (κ3) is 4.11. The molecule has 0 saturated carbocycles. The van der Waals surface area contributed by atoms with Crippen LogP contribution in [0.4, 0.5) is 10.5 Å². The fourth-order valence-corrected chi connectivity index (χ4v) is 3.78. The van der Waals surface area contributed by atoms with Gasteiger partial charge in [0.25, 0.3) is 0 Å². The van der Waals surface area contributed by atoms with Crippen molar-refractivity contribution in [3.8, 4) is 0 Å². The smallest absolute Gasteiger partial charge is 0.317 e. The lowest BCUT2D eigenvalue weighted by atomic mass is 10.1. The van der Waals surface area contributed by atoms with Crippen molar-refractivity contribution < 1.29 is 4.79 Å². The second kappa shape index (κ2) is 8.33. The third-order valence-electron chi connectivity index (χ3n) is 5.26. The van der Waals surface area contributed by atoms with Crippen molar-refractivity contribution in [3.05, 3.63) is 66.1 Å². The molecule has 1 aliphatic heterocycles. The van der Waals surface area contributed by atoms with Crippen molar-refractivity contribution in [2.45, 2.75) is 25.8 Å². The fourth-order valence-electron chi connectivity index (χ4n) is 3.78. The largest absolute Gasteiger partial charge is 0.371 e. The van der Waals surface area contributed by atoms with Crippen LogP contribution in [0.5, 0.6) is 0 Å². The number of carbonyl (C=O) groups excluding carboxylic acids is 1. The number of para-hydroxylation sites is 1. The van der Waals surface area contributed by atoms with Crippen LogP contribution in [-0.4, -0.2) is 47.0 Å². The lowest BCUT2D eigenvalue weighted by Gasteiger charge is -2.24. The number of hydrogen-bond acceptors (Lipinski definition) is 3. The third-order valence-corrected chi connectivity index (χ3v) is 5.26. The monoisotopic (exact) mass is 377 g/mol. The molecule has 1 aromatic carbocycles. The summed E-state index contributed by atoms with van der Waals surface area (Å²) in [6, 6.07) is 14.3. The highest BCUT2D eigenvalue weighted by molar-refractivity contribution is 5.74. The quantitative estimate of drug-likeness (QED) is 0.717. The minimum absolute atomic E-state index is 0.0556. The summed E-state index contributed by atoms with van der Waals surface area (Å²) in [5.41, 5.74) is 4.36. The van der Waals surface area contributed by atoms with Crippen LogP contribution in [-0.2, 0) is 13.0 Å². The molecule has 28 heavy (non-hydrogen) atoms. The van der Waals surface area contributed by atoms with Crippen molar-refractivity contribution in [2.24, 2.45) is 0 Å². The maximum atomic E-state index is 12.5. The van der Waals surface area contributed by atoms with E-state index in [4.69, 9.17) is 0 Å². The lowest BCUT2D eigenvalue weighted by molar-refractivity contribution is 0.207. The number of rotatable bonds is 6. The van der Waals surface area contributed by atoms with Gasteiger partial charge in [0, 0.05) is 57.7 Å². The molecule has 4 rings (SSSR count). The Bertz CT molecular complexity index is 912. The Kier molecular flexibility index (Phi) is 5.46. The summed E-state index contributed by atoms with van der Waals surface area (Å²) in [5.74, 6) is 0. The minimum atomic E-state index is -0.0556. The van der Waals surface area contributed by atoms with Gasteiger partial charge in [-0.25, -0.2) is 9.78 Å². The standard InChI is InChI=1S/C22H27N5O/c1-25(16-18-8-2-3-9-20(18)26-13-6-7-14-26)22(28)23-12-11-19-17-27-15-5-4-10-21(27)24-19/h2-5,8-10,15,17H,6-7,11-14,16H2,1H3,(H,23,28). The number of amides is 2. The van der Waals surface area contributed by atoms with Gasteiger partial charge in [0.15, 0.2) is 0 Å². The van der Waals surface area contributed by atoms with Gasteiger partial charge >= 0.3 is 6.03 Å². The van der Waals surface area contributed by atoms with Crippen molar-refractivity contribution in [2.75, 3.05) is 31.6 Å². The van der Waals surface area contributed by atoms with Crippen molar-refractivity contribution in [3.63, 3.8) is 0 Å². The molecule has 6 heteroatoms. The zero-order chi connectivity index (χ0) is 19.3. The van der Waals surface area contributed by atoms with Crippen LogP contribution >= 0.6 is 0 Å². The maximum absolute atomic E-state index is 12.5. The highest BCUT2D eigenvalue weighted by Crippen LogP contribution is 2.25. The number of imidazole rings is 1. The summed E-state index contributed by atoms with van der Waals surface area (Å²) in [6.07, 6.45) is 7.20. The first-order valence-electron chi connectivity index (χ1n) is 9.95. The molecule has 2 aromatic heterocycles. The van der Waals surface area contributed by atoms with Gasteiger partial charge in [-0.05, 0) is 36.6 Å². The molecule has 6 nitrogen and oxygen atoms in total. The van der Waals surface area contributed by atoms with Gasteiger partial charge in [0.1, 0.15) is 5.65 Å². The molecule has 0 atom stereocenters. The first-order valence-corrected chi connectivity index (χ1v) is 9.95. The Morgan fingerprint density at radius 2 is 1.93 bits per heavy atom. The van der Waals surface area contributed by atoms with Gasteiger partial charge in [-0.1, -0.05) is 24.3 Å². The molecule has 1 N–H and O–H groups in total. The molecule has 0 spiro atoms. The Morgan fingerprint density at radius 1 is 1.14 bits per heavy atom. The van der Waals surface area contributed by atoms with Gasteiger partial charge in [0.05, 0.1) is 5.69 Å². The van der Waals surface area contributed by atoms with E-state index in [2.05, 4.69) is 33.4 Å². The van der Waals surface area contributed by atoms with Crippen molar-refractivity contribution in [1.29, 1.82) is 0 Å². The normalized spacial score (nSPS) is 13.8. The van der Waals surface area contributed by atoms with E-state index in [0.717, 1.165) is 24.4 Å². The molecule has 3 heterocycles. The number of anilines is 1. The number of nitrogens with one attached hydrogen (secondary N) is 1. The van der Waals surface area contributed by atoms with Crippen LogP contribution in [0.3, 0.4) is 0 Å². The Balaban J connectivity index is 1.31. The average Bonchev–Trinajstić information content (AvgIpc) is 3.37. The molecule has 0 unspecified atom stereocenters. The SMILES string of the molecule is CN(Cc1ccccc1N1CCCC1)C(=O)NCCc1cn2ccccc2n1. The van der Waals surface area contributed by atoms with Gasteiger partial charge in [0.2, 0.25) is 0 Å². The number of pyridine rings is 1. The number of fused-ring (bicyclic) bond motifs is 1. The fraction of sp³-hybridized carbons (Fsp3) is 0.364. The van der Waals surface area contributed by atoms with E-state index in [-0.39, 0.29) is 6.03 Å². The first-order chi connectivity index (χ1) is 13.7. The highest BCUT2D eigenvalue weighted by Gasteiger charge is 2.17. The molecule has 1 fully saturated rings. The summed E-state index contributed by atoms with van der Waals surface area (Å²) in [7, 11) is 1.85. The molecule has 0 bridgehead atoms. The first kappa shape index (κ1) is 18.3. The van der Waals surface area contributed by atoms with Gasteiger partial charge in [-0.15, -0.1) is 0 Å². The van der Waals surface area contributed by atoms with Crippen LogP contribution in [0.1, 0.15) is 24.1 Å². The summed E-state index contributed by atoms with van der Waals surface area (Å²) in [5, 5.41) is 3.01. The second-order valence-corrected chi connectivity index (χ2v) is 7.36. The molecule has 2 amide bonds. The number of hydrogen-bond donors (Lipinski definition) is 1. The van der Waals surface area contributed by atoms with E-state index in [1.165, 1.54) is 24.1 Å². The minimum Gasteiger partial charge on any atom is -0.371 e. The zero-order valence-corrected chi connectivity index (χ0v) is 16.3. The van der Waals surface area contributed by atoms with E-state index >= 15 is 0 Å².